The quantitative estimate of drug-likeness (QED) is 0.825. The van der Waals surface area contributed by atoms with Crippen LogP contribution in [0.2, 0.25) is 0 Å². The van der Waals surface area contributed by atoms with E-state index in [9.17, 15) is 9.18 Å². The van der Waals surface area contributed by atoms with Gasteiger partial charge >= 0.3 is 6.03 Å². The predicted octanol–water partition coefficient (Wildman–Crippen LogP) is 4.10. The fourth-order valence-electron chi connectivity index (χ4n) is 1.85. The van der Waals surface area contributed by atoms with Gasteiger partial charge in [0.15, 0.2) is 0 Å². The molecule has 2 amide bonds. The second-order valence-electron chi connectivity index (χ2n) is 4.63. The van der Waals surface area contributed by atoms with Crippen molar-refractivity contribution in [2.45, 2.75) is 6.42 Å². The summed E-state index contributed by atoms with van der Waals surface area (Å²) in [4.78, 5) is 11.6. The zero-order valence-corrected chi connectivity index (χ0v) is 13.4. The molecule has 2 aromatic rings. The molecule has 2 aromatic carbocycles. The van der Waals surface area contributed by atoms with Crippen molar-refractivity contribution in [3.63, 3.8) is 0 Å². The molecule has 3 nitrogen and oxygen atoms in total. The molecule has 0 heterocycles. The largest absolute Gasteiger partial charge is 0.338 e. The van der Waals surface area contributed by atoms with E-state index in [1.165, 1.54) is 6.07 Å². The van der Waals surface area contributed by atoms with E-state index in [1.807, 2.05) is 24.3 Å². The number of urea groups is 1. The van der Waals surface area contributed by atoms with Crippen LogP contribution in [0.25, 0.3) is 6.08 Å². The average molecular weight is 363 g/mol. The monoisotopic (exact) mass is 362 g/mol. The van der Waals surface area contributed by atoms with E-state index in [4.69, 9.17) is 0 Å². The van der Waals surface area contributed by atoms with Gasteiger partial charge in [0, 0.05) is 17.2 Å². The van der Waals surface area contributed by atoms with E-state index in [0.29, 0.717) is 18.5 Å². The van der Waals surface area contributed by atoms with Crippen LogP contribution in [0.1, 0.15) is 11.1 Å². The number of hydrogen-bond acceptors (Lipinski definition) is 1. The summed E-state index contributed by atoms with van der Waals surface area (Å²) in [7, 11) is 0. The summed E-state index contributed by atoms with van der Waals surface area (Å²) in [5.41, 5.74) is 1.57. The van der Waals surface area contributed by atoms with Gasteiger partial charge in [-0.05, 0) is 41.8 Å². The summed E-state index contributed by atoms with van der Waals surface area (Å²) >= 11 is 3.36. The van der Waals surface area contributed by atoms with Crippen LogP contribution in [0.3, 0.4) is 0 Å². The number of amides is 2. The molecule has 0 atom stereocenters. The number of hydrogen-bond donors (Lipinski definition) is 2. The molecule has 0 aliphatic heterocycles. The summed E-state index contributed by atoms with van der Waals surface area (Å²) in [6.07, 6.45) is 3.82. The van der Waals surface area contributed by atoms with Crippen LogP contribution in [0, 0.1) is 5.82 Å². The van der Waals surface area contributed by atoms with Gasteiger partial charge in [0.1, 0.15) is 5.82 Å². The topological polar surface area (TPSA) is 41.1 Å². The highest BCUT2D eigenvalue weighted by Crippen LogP contribution is 2.11. The number of nitrogens with one attached hydrogen (secondary N) is 2. The molecule has 0 unspecified atom stereocenters. The normalized spacial score (nSPS) is 10.6. The van der Waals surface area contributed by atoms with Crippen molar-refractivity contribution in [3.05, 3.63) is 76.1 Å². The van der Waals surface area contributed by atoms with Gasteiger partial charge in [-0.25, -0.2) is 9.18 Å². The van der Waals surface area contributed by atoms with Gasteiger partial charge in [0.05, 0.1) is 0 Å². The Labute approximate surface area is 137 Å². The molecule has 0 saturated heterocycles. The minimum absolute atomic E-state index is 0.250. The lowest BCUT2D eigenvalue weighted by atomic mass is 10.1. The molecule has 0 radical (unpaired) electrons. The van der Waals surface area contributed by atoms with E-state index >= 15 is 0 Å². The lowest BCUT2D eigenvalue weighted by Crippen LogP contribution is -2.33. The van der Waals surface area contributed by atoms with Crippen LogP contribution in [0.5, 0.6) is 0 Å². The lowest BCUT2D eigenvalue weighted by molar-refractivity contribution is 0.244. The molecular weight excluding hydrogens is 347 g/mol. The van der Waals surface area contributed by atoms with Crippen LogP contribution in [-0.2, 0) is 6.42 Å². The van der Waals surface area contributed by atoms with Gasteiger partial charge < -0.3 is 10.6 Å². The van der Waals surface area contributed by atoms with Gasteiger partial charge in [0.25, 0.3) is 0 Å². The number of halogens is 2. The molecule has 0 spiro atoms. The Bertz CT molecular complexity index is 656. The molecule has 0 aliphatic carbocycles. The second-order valence-corrected chi connectivity index (χ2v) is 5.54. The zero-order valence-electron chi connectivity index (χ0n) is 11.9. The fraction of sp³-hybridized carbons (Fsp3) is 0.118. The van der Waals surface area contributed by atoms with Crippen LogP contribution in [0.15, 0.2) is 59.2 Å². The molecule has 2 rings (SSSR count). The van der Waals surface area contributed by atoms with Crippen molar-refractivity contribution in [2.75, 3.05) is 6.54 Å². The Morgan fingerprint density at radius 3 is 2.59 bits per heavy atom. The third-order valence-electron chi connectivity index (χ3n) is 3.00. The Kier molecular flexibility index (Phi) is 6.15. The van der Waals surface area contributed by atoms with Crippen molar-refractivity contribution >= 4 is 28.0 Å². The van der Waals surface area contributed by atoms with E-state index < -0.39 is 0 Å². The molecule has 0 fully saturated rings. The second kappa shape index (κ2) is 8.34. The summed E-state index contributed by atoms with van der Waals surface area (Å²) in [6.45, 7) is 0.374. The number of rotatable bonds is 5. The highest BCUT2D eigenvalue weighted by Gasteiger charge is 2.01. The molecule has 0 aromatic heterocycles. The van der Waals surface area contributed by atoms with E-state index in [2.05, 4.69) is 26.6 Å². The number of carbonyl (C=O) groups excluding carboxylic acids is 1. The Hall–Kier alpha value is -2.14. The highest BCUT2D eigenvalue weighted by atomic mass is 79.9. The summed E-state index contributed by atoms with van der Waals surface area (Å²) < 4.78 is 14.4. The van der Waals surface area contributed by atoms with Crippen molar-refractivity contribution < 1.29 is 9.18 Å². The average Bonchev–Trinajstić information content (AvgIpc) is 2.51. The molecule has 0 saturated carbocycles. The molecular formula is C17H16BrFN2O. The van der Waals surface area contributed by atoms with Gasteiger partial charge in [-0.1, -0.05) is 46.3 Å². The van der Waals surface area contributed by atoms with Crippen molar-refractivity contribution in [1.29, 1.82) is 0 Å². The first kappa shape index (κ1) is 16.2. The minimum Gasteiger partial charge on any atom is -0.338 e. The standard InChI is InChI=1S/C17H16BrFN2O/c18-15-7-5-13(6-8-15)9-11-20-17(22)21-12-10-14-3-1-2-4-16(14)19/h1-9,11H,10,12H2,(H2,20,21,22)/b11-9+. The maximum atomic E-state index is 13.4. The maximum absolute atomic E-state index is 13.4. The van der Waals surface area contributed by atoms with Gasteiger partial charge in [-0.15, -0.1) is 0 Å². The van der Waals surface area contributed by atoms with Gasteiger partial charge in [0.2, 0.25) is 0 Å². The third kappa shape index (κ3) is 5.33. The zero-order chi connectivity index (χ0) is 15.8. The van der Waals surface area contributed by atoms with E-state index in [1.54, 1.807) is 30.5 Å². The number of carbonyl (C=O) groups is 1. The van der Waals surface area contributed by atoms with E-state index in [0.717, 1.165) is 10.0 Å². The van der Waals surface area contributed by atoms with Crippen molar-refractivity contribution in [3.8, 4) is 0 Å². The van der Waals surface area contributed by atoms with E-state index in [-0.39, 0.29) is 11.8 Å². The number of benzene rings is 2. The maximum Gasteiger partial charge on any atom is 0.318 e. The Morgan fingerprint density at radius 1 is 1.14 bits per heavy atom. The molecule has 5 heteroatoms. The summed E-state index contributed by atoms with van der Waals surface area (Å²) in [5.74, 6) is -0.250. The molecule has 2 N–H and O–H groups in total. The molecule has 0 aliphatic rings. The van der Waals surface area contributed by atoms with Crippen LogP contribution in [0.4, 0.5) is 9.18 Å². The first-order valence-corrected chi connectivity index (χ1v) is 7.64. The Balaban J connectivity index is 1.72. The lowest BCUT2D eigenvalue weighted by Gasteiger charge is -2.05. The first-order valence-electron chi connectivity index (χ1n) is 6.85. The first-order chi connectivity index (χ1) is 10.6. The van der Waals surface area contributed by atoms with Crippen molar-refractivity contribution in [1.82, 2.24) is 10.6 Å². The summed E-state index contributed by atoms with van der Waals surface area (Å²) in [6, 6.07) is 13.9. The summed E-state index contributed by atoms with van der Waals surface area (Å²) in [5, 5.41) is 5.29. The molecule has 0 bridgehead atoms. The van der Waals surface area contributed by atoms with Crippen LogP contribution >= 0.6 is 15.9 Å². The van der Waals surface area contributed by atoms with Crippen molar-refractivity contribution in [2.24, 2.45) is 0 Å². The Morgan fingerprint density at radius 2 is 1.86 bits per heavy atom. The molecule has 22 heavy (non-hydrogen) atoms. The highest BCUT2D eigenvalue weighted by molar-refractivity contribution is 9.10. The SMILES string of the molecule is O=C(N/C=C/c1ccc(Br)cc1)NCCc1ccccc1F. The van der Waals surface area contributed by atoms with Crippen LogP contribution in [-0.4, -0.2) is 12.6 Å². The molecule has 114 valence electrons. The van der Waals surface area contributed by atoms with Crippen LogP contribution < -0.4 is 10.6 Å². The van der Waals surface area contributed by atoms with Gasteiger partial charge in [-0.3, -0.25) is 0 Å². The predicted molar refractivity (Wildman–Crippen MR) is 89.8 cm³/mol. The third-order valence-corrected chi connectivity index (χ3v) is 3.53. The fourth-order valence-corrected chi connectivity index (χ4v) is 2.11. The smallest absolute Gasteiger partial charge is 0.318 e. The minimum atomic E-state index is -0.315. The van der Waals surface area contributed by atoms with Gasteiger partial charge in [-0.2, -0.15) is 0 Å².